The molecule has 0 heterocycles. The number of allylic oxidation sites excluding steroid dienone is 4. The molecule has 0 spiro atoms. The van der Waals surface area contributed by atoms with Gasteiger partial charge in [0.25, 0.3) is 0 Å². The van der Waals surface area contributed by atoms with E-state index >= 15 is 0 Å². The Morgan fingerprint density at radius 3 is 1.90 bits per heavy atom. The maximum absolute atomic E-state index is 12.3. The van der Waals surface area contributed by atoms with Crippen LogP contribution in [0.4, 0.5) is 8.78 Å². The van der Waals surface area contributed by atoms with Crippen LogP contribution in [0.3, 0.4) is 0 Å². The van der Waals surface area contributed by atoms with Gasteiger partial charge in [-0.15, -0.1) is 11.8 Å². The third-order valence-electron chi connectivity index (χ3n) is 1.94. The van der Waals surface area contributed by atoms with E-state index in [0.29, 0.717) is 10.6 Å². The first-order chi connectivity index (χ1) is 9.38. The summed E-state index contributed by atoms with van der Waals surface area (Å²) >= 11 is 5.33. The van der Waals surface area contributed by atoms with E-state index in [1.807, 2.05) is 19.9 Å². The molecule has 1 aromatic carbocycles. The Kier molecular flexibility index (Phi) is 14.3. The number of aryl methyl sites for hydroxylation is 1. The SMILES string of the molecule is C/C=C(F)\C=C(/C)Cl.CC#CC.Cc1ccccc1F. The van der Waals surface area contributed by atoms with Crippen LogP contribution in [0.25, 0.3) is 0 Å². The van der Waals surface area contributed by atoms with Gasteiger partial charge in [-0.05, 0) is 52.3 Å². The Balaban J connectivity index is 0. The van der Waals surface area contributed by atoms with Crippen LogP contribution in [0.15, 0.2) is 47.3 Å². The van der Waals surface area contributed by atoms with Crippen LogP contribution in [0.5, 0.6) is 0 Å². The van der Waals surface area contributed by atoms with E-state index in [2.05, 4.69) is 11.8 Å². The fraction of sp³-hybridized carbons (Fsp3) is 0.294. The van der Waals surface area contributed by atoms with Crippen LogP contribution >= 0.6 is 11.6 Å². The second-order valence-electron chi connectivity index (χ2n) is 3.65. The number of rotatable bonds is 1. The first kappa shape index (κ1) is 20.7. The van der Waals surface area contributed by atoms with Gasteiger partial charge in [0.1, 0.15) is 11.6 Å². The van der Waals surface area contributed by atoms with Gasteiger partial charge < -0.3 is 0 Å². The smallest absolute Gasteiger partial charge is 0.126 e. The predicted octanol–water partition coefficient (Wildman–Crippen LogP) is 6.17. The lowest BCUT2D eigenvalue weighted by atomic mass is 10.2. The number of halogens is 3. The average molecular weight is 299 g/mol. The predicted molar refractivity (Wildman–Crippen MR) is 84.7 cm³/mol. The molecule has 0 N–H and O–H groups in total. The molecule has 0 atom stereocenters. The minimum absolute atomic E-state index is 0.132. The van der Waals surface area contributed by atoms with E-state index in [-0.39, 0.29) is 11.6 Å². The van der Waals surface area contributed by atoms with Crippen molar-refractivity contribution in [2.45, 2.75) is 34.6 Å². The molecule has 1 aromatic rings. The Bertz CT molecular complexity index is 460. The van der Waals surface area contributed by atoms with E-state index in [4.69, 9.17) is 11.6 Å². The second-order valence-corrected chi connectivity index (χ2v) is 4.25. The maximum Gasteiger partial charge on any atom is 0.126 e. The van der Waals surface area contributed by atoms with E-state index in [0.717, 1.165) is 0 Å². The van der Waals surface area contributed by atoms with Gasteiger partial charge in [-0.3, -0.25) is 0 Å². The van der Waals surface area contributed by atoms with Crippen molar-refractivity contribution in [3.63, 3.8) is 0 Å². The van der Waals surface area contributed by atoms with Crippen LogP contribution in [0, 0.1) is 24.6 Å². The Hall–Kier alpha value is -1.59. The van der Waals surface area contributed by atoms with Crippen molar-refractivity contribution in [2.24, 2.45) is 0 Å². The zero-order chi connectivity index (χ0) is 16.0. The Morgan fingerprint density at radius 2 is 1.70 bits per heavy atom. The number of hydrogen-bond acceptors (Lipinski definition) is 0. The molecule has 0 radical (unpaired) electrons. The molecule has 0 saturated heterocycles. The van der Waals surface area contributed by atoms with Gasteiger partial charge in [0.05, 0.1) is 0 Å². The quantitative estimate of drug-likeness (QED) is 0.430. The summed E-state index contributed by atoms with van der Waals surface area (Å²) < 4.78 is 24.4. The van der Waals surface area contributed by atoms with Crippen LogP contribution in [-0.2, 0) is 0 Å². The molecule has 0 unspecified atom stereocenters. The third-order valence-corrected chi connectivity index (χ3v) is 2.05. The van der Waals surface area contributed by atoms with Crippen molar-refractivity contribution in [1.82, 2.24) is 0 Å². The van der Waals surface area contributed by atoms with Gasteiger partial charge in [-0.25, -0.2) is 8.78 Å². The van der Waals surface area contributed by atoms with Crippen molar-refractivity contribution < 1.29 is 8.78 Å². The molecule has 0 amide bonds. The summed E-state index contributed by atoms with van der Waals surface area (Å²) in [6, 6.07) is 6.70. The standard InChI is InChI=1S/C7H7F.C6H8ClF.C4H6/c1-6-4-2-3-5-7(6)8;1-3-6(8)4-5(2)7;1-3-4-2/h2-5H,1H3;3-4H,1-2H3;1-2H3/b;5-4+,6-3+;. The monoisotopic (exact) mass is 298 g/mol. The molecule has 0 saturated carbocycles. The summed E-state index contributed by atoms with van der Waals surface area (Å²) in [4.78, 5) is 0. The molecule has 0 bridgehead atoms. The second kappa shape index (κ2) is 13.8. The summed E-state index contributed by atoms with van der Waals surface area (Å²) in [5.74, 6) is 4.94. The minimum atomic E-state index is -0.294. The van der Waals surface area contributed by atoms with Crippen LogP contribution in [-0.4, -0.2) is 0 Å². The maximum atomic E-state index is 12.3. The first-order valence-electron chi connectivity index (χ1n) is 6.09. The Morgan fingerprint density at radius 1 is 1.20 bits per heavy atom. The molecule has 0 aliphatic heterocycles. The van der Waals surface area contributed by atoms with Gasteiger partial charge in [0.15, 0.2) is 0 Å². The fourth-order valence-electron chi connectivity index (χ4n) is 0.824. The summed E-state index contributed by atoms with van der Waals surface area (Å²) in [6.07, 6.45) is 2.62. The van der Waals surface area contributed by atoms with Crippen molar-refractivity contribution in [2.75, 3.05) is 0 Å². The van der Waals surface area contributed by atoms with Gasteiger partial charge in [0, 0.05) is 5.03 Å². The van der Waals surface area contributed by atoms with Crippen molar-refractivity contribution in [1.29, 1.82) is 0 Å². The van der Waals surface area contributed by atoms with Crippen molar-refractivity contribution >= 4 is 11.6 Å². The molecule has 0 fully saturated rings. The molecule has 20 heavy (non-hydrogen) atoms. The lowest BCUT2D eigenvalue weighted by Gasteiger charge is -1.89. The van der Waals surface area contributed by atoms with Crippen molar-refractivity contribution in [3.05, 3.63) is 58.7 Å². The van der Waals surface area contributed by atoms with Gasteiger partial charge >= 0.3 is 0 Å². The van der Waals surface area contributed by atoms with Crippen LogP contribution in [0.2, 0.25) is 0 Å². The topological polar surface area (TPSA) is 0 Å². The Labute approximate surface area is 126 Å². The number of hydrogen-bond donors (Lipinski definition) is 0. The zero-order valence-corrected chi connectivity index (χ0v) is 13.4. The first-order valence-corrected chi connectivity index (χ1v) is 6.47. The molecule has 0 nitrogen and oxygen atoms in total. The summed E-state index contributed by atoms with van der Waals surface area (Å²) in [5.41, 5.74) is 0.701. The minimum Gasteiger partial charge on any atom is -0.207 e. The third kappa shape index (κ3) is 14.5. The van der Waals surface area contributed by atoms with Crippen molar-refractivity contribution in [3.8, 4) is 11.8 Å². The molecule has 0 aliphatic rings. The molecular formula is C17H21ClF2. The lowest BCUT2D eigenvalue weighted by molar-refractivity contribution is 0.618. The molecule has 1 rings (SSSR count). The normalized spacial score (nSPS) is 10.2. The molecule has 0 aliphatic carbocycles. The van der Waals surface area contributed by atoms with E-state index in [1.54, 1.807) is 32.9 Å². The zero-order valence-electron chi connectivity index (χ0n) is 12.6. The van der Waals surface area contributed by atoms with E-state index in [9.17, 15) is 8.78 Å². The fourth-order valence-corrected chi connectivity index (χ4v) is 0.929. The highest BCUT2D eigenvalue weighted by Crippen LogP contribution is 2.05. The van der Waals surface area contributed by atoms with E-state index < -0.39 is 0 Å². The molecule has 3 heteroatoms. The van der Waals surface area contributed by atoms with Gasteiger partial charge in [0.2, 0.25) is 0 Å². The van der Waals surface area contributed by atoms with E-state index in [1.165, 1.54) is 18.2 Å². The van der Waals surface area contributed by atoms with Gasteiger partial charge in [-0.2, -0.15) is 0 Å². The highest BCUT2D eigenvalue weighted by molar-refractivity contribution is 6.29. The largest absolute Gasteiger partial charge is 0.207 e. The average Bonchev–Trinajstić information content (AvgIpc) is 2.42. The highest BCUT2D eigenvalue weighted by Gasteiger charge is 1.88. The summed E-state index contributed by atoms with van der Waals surface area (Å²) in [7, 11) is 0. The van der Waals surface area contributed by atoms with Crippen LogP contribution in [0.1, 0.15) is 33.3 Å². The summed E-state index contributed by atoms with van der Waals surface area (Å²) in [6.45, 7) is 8.63. The van der Waals surface area contributed by atoms with Crippen LogP contribution < -0.4 is 0 Å². The lowest BCUT2D eigenvalue weighted by Crippen LogP contribution is -1.76. The highest BCUT2D eigenvalue weighted by atomic mass is 35.5. The van der Waals surface area contributed by atoms with Gasteiger partial charge in [-0.1, -0.05) is 35.9 Å². The molecule has 0 aromatic heterocycles. The number of benzene rings is 1. The molecule has 110 valence electrons. The molecular weight excluding hydrogens is 278 g/mol. The summed E-state index contributed by atoms with van der Waals surface area (Å²) in [5, 5.41) is 0.459.